The van der Waals surface area contributed by atoms with E-state index >= 15 is 0 Å². The first-order valence-electron chi connectivity index (χ1n) is 2.01. The van der Waals surface area contributed by atoms with Gasteiger partial charge in [-0.3, -0.25) is 0 Å². The summed E-state index contributed by atoms with van der Waals surface area (Å²) in [6, 6.07) is 0. The van der Waals surface area contributed by atoms with Gasteiger partial charge in [0.05, 0.1) is 4.48 Å². The third kappa shape index (κ3) is 4.55. The van der Waals surface area contributed by atoms with Crippen molar-refractivity contribution >= 4 is 21.9 Å². The minimum atomic E-state index is -0.451. The number of halogens is 1. The topological polar surface area (TPSA) is 26.3 Å². The first-order valence-corrected chi connectivity index (χ1v) is 2.81. The van der Waals surface area contributed by atoms with Gasteiger partial charge >= 0.3 is 5.97 Å². The first-order chi connectivity index (χ1) is 3.68. The van der Waals surface area contributed by atoms with Crippen LogP contribution in [0.25, 0.3) is 0 Å². The maximum atomic E-state index is 10.3. The number of hydrogen-bond donors (Lipinski definition) is 0. The molecule has 0 spiro atoms. The summed E-state index contributed by atoms with van der Waals surface area (Å²) in [7, 11) is 0. The fourth-order valence-corrected chi connectivity index (χ4v) is 0.264. The van der Waals surface area contributed by atoms with Gasteiger partial charge in [0.25, 0.3) is 0 Å². The molecule has 0 heterocycles. The van der Waals surface area contributed by atoms with Gasteiger partial charge in [0.15, 0.2) is 0 Å². The summed E-state index contributed by atoms with van der Waals surface area (Å²) in [5, 5.41) is 0. The summed E-state index contributed by atoms with van der Waals surface area (Å²) in [4.78, 5) is 10.3. The van der Waals surface area contributed by atoms with Crippen molar-refractivity contribution in [3.05, 3.63) is 17.7 Å². The molecule has 0 unspecified atom stereocenters. The van der Waals surface area contributed by atoms with Gasteiger partial charge in [-0.1, -0.05) is 6.58 Å². The predicted molar refractivity (Wildman–Crippen MR) is 34.1 cm³/mol. The molecule has 0 saturated heterocycles. The minimum absolute atomic E-state index is 0. The molecule has 0 bridgehead atoms. The van der Waals surface area contributed by atoms with Crippen molar-refractivity contribution in [1.29, 1.82) is 0 Å². The average Bonchev–Trinajstić information content (AvgIpc) is 1.67. The summed E-state index contributed by atoms with van der Waals surface area (Å²) in [5.41, 5.74) is 0. The van der Waals surface area contributed by atoms with E-state index in [0.717, 1.165) is 0 Å². The van der Waals surface area contributed by atoms with Crippen LogP contribution in [-0.4, -0.2) is 5.97 Å². The van der Waals surface area contributed by atoms with Gasteiger partial charge in [0, 0.05) is 0 Å². The molecule has 0 aromatic rings. The van der Waals surface area contributed by atoms with E-state index in [1.807, 2.05) is 0 Å². The number of esters is 1. The number of carbonyl (C=O) groups is 1. The summed E-state index contributed by atoms with van der Waals surface area (Å²) >= 11 is 2.85. The van der Waals surface area contributed by atoms with Gasteiger partial charge in [-0.15, -0.1) is 0 Å². The Morgan fingerprint density at radius 1 is 1.78 bits per heavy atom. The van der Waals surface area contributed by atoms with E-state index in [4.69, 9.17) is 0 Å². The molecule has 0 rings (SSSR count). The van der Waals surface area contributed by atoms with Crippen LogP contribution in [0, 0.1) is 6.61 Å². The second-order valence-electron chi connectivity index (χ2n) is 1.05. The Bertz CT molecular complexity index is 114. The normalized spacial score (nSPS) is 7.33. The SMILES string of the molecule is C=C(Br)C(=O)O[CH-]C.[Rf]. The van der Waals surface area contributed by atoms with Crippen molar-refractivity contribution in [3.63, 3.8) is 0 Å². The van der Waals surface area contributed by atoms with Crippen molar-refractivity contribution in [2.75, 3.05) is 0 Å². The Morgan fingerprint density at radius 2 is 2.22 bits per heavy atom. The van der Waals surface area contributed by atoms with Gasteiger partial charge in [-0.2, -0.15) is 13.5 Å². The van der Waals surface area contributed by atoms with Crippen LogP contribution in [0.5, 0.6) is 0 Å². The zero-order chi connectivity index (χ0) is 6.57. The largest absolute Gasteiger partial charge is 0.633 e. The fraction of sp³-hybridized carbons (Fsp3) is 0.200. The molecular weight excluding hydrogens is 439 g/mol. The maximum Gasteiger partial charge on any atom is 0.313 e. The molecule has 0 aliphatic rings. The molecule has 48 valence electrons. The standard InChI is InChI=1S/C5H6BrO2.Rf/c1-3-8-5(7)4(2)6;/h3H,2H2,1H3;/q-1;. The summed E-state index contributed by atoms with van der Waals surface area (Å²) < 4.78 is 4.62. The smallest absolute Gasteiger partial charge is 0.313 e. The van der Waals surface area contributed by atoms with Crippen molar-refractivity contribution in [2.45, 2.75) is 6.92 Å². The Balaban J connectivity index is 0. The Morgan fingerprint density at radius 3 is 2.33 bits per heavy atom. The minimum Gasteiger partial charge on any atom is -0.633 e. The monoisotopic (exact) mass is 444 g/mol. The summed E-state index contributed by atoms with van der Waals surface area (Å²) in [6.45, 7) is 6.22. The molecule has 0 aromatic heterocycles. The van der Waals surface area contributed by atoms with E-state index in [9.17, 15) is 4.79 Å². The number of carbonyl (C=O) groups excluding carboxylic acids is 1. The van der Waals surface area contributed by atoms with Gasteiger partial charge in [0.1, 0.15) is 0 Å². The van der Waals surface area contributed by atoms with Gasteiger partial charge < -0.3 is 4.74 Å². The molecule has 9 heavy (non-hydrogen) atoms. The zero-order valence-electron chi connectivity index (χ0n) is 5.19. The first kappa shape index (κ1) is 10.6. The van der Waals surface area contributed by atoms with E-state index in [-0.39, 0.29) is 4.48 Å². The van der Waals surface area contributed by atoms with E-state index < -0.39 is 5.97 Å². The second kappa shape index (κ2) is 4.84. The number of ether oxygens (including phenoxy) is 1. The van der Waals surface area contributed by atoms with Gasteiger partial charge in [0.2, 0.25) is 0 Å². The fourth-order valence-electron chi connectivity index (χ4n) is 0.171. The third-order valence-corrected chi connectivity index (χ3v) is 0.770. The average molecular weight is 445 g/mol. The van der Waals surface area contributed by atoms with Crippen LogP contribution in [0.4, 0.5) is 0 Å². The number of hydrogen-bond acceptors (Lipinski definition) is 2. The van der Waals surface area contributed by atoms with E-state index in [2.05, 4.69) is 27.2 Å². The molecule has 2 nitrogen and oxygen atoms in total. The van der Waals surface area contributed by atoms with Crippen LogP contribution in [0.1, 0.15) is 6.92 Å². The van der Waals surface area contributed by atoms with Crippen LogP contribution in [-0.2, 0) is 9.53 Å². The number of rotatable bonds is 2. The second-order valence-corrected chi connectivity index (χ2v) is 2.00. The van der Waals surface area contributed by atoms with Crippen LogP contribution in [0.15, 0.2) is 11.1 Å². The van der Waals surface area contributed by atoms with Crippen LogP contribution < -0.4 is 0 Å². The molecule has 0 radical (unpaired) electrons. The van der Waals surface area contributed by atoms with Crippen LogP contribution in [0.3, 0.4) is 0 Å². The Kier molecular flexibility index (Phi) is 5.72. The molecule has 4 heteroatoms. The van der Waals surface area contributed by atoms with E-state index in [1.165, 1.54) is 6.61 Å². The molecule has 0 amide bonds. The third-order valence-electron chi connectivity index (χ3n) is 0.446. The van der Waals surface area contributed by atoms with Crippen molar-refractivity contribution in [1.82, 2.24) is 0 Å². The summed E-state index contributed by atoms with van der Waals surface area (Å²) in [6.07, 6.45) is 0. The molecule has 0 N–H and O–H groups in total. The molecule has 0 saturated carbocycles. The maximum absolute atomic E-state index is 10.3. The van der Waals surface area contributed by atoms with Crippen LogP contribution >= 0.6 is 15.9 Å². The Hall–Kier alpha value is -1.31. The molecule has 0 atom stereocenters. The molecular formula is C5H6BrO2Rf-. The summed E-state index contributed by atoms with van der Waals surface area (Å²) in [5.74, 6) is -0.451. The molecule has 0 aliphatic heterocycles. The Labute approximate surface area is 56.7 Å². The van der Waals surface area contributed by atoms with Gasteiger partial charge in [-0.25, -0.2) is 4.79 Å². The van der Waals surface area contributed by atoms with Crippen LogP contribution in [0.2, 0.25) is 0 Å². The molecule has 0 fully saturated rings. The van der Waals surface area contributed by atoms with Crippen molar-refractivity contribution < 1.29 is 9.53 Å². The van der Waals surface area contributed by atoms with Crippen molar-refractivity contribution in [2.24, 2.45) is 0 Å². The predicted octanol–water partition coefficient (Wildman–Crippen LogP) is 1.62. The van der Waals surface area contributed by atoms with E-state index in [0.29, 0.717) is 0 Å². The molecule has 0 aliphatic carbocycles. The molecule has 0 aromatic carbocycles. The van der Waals surface area contributed by atoms with Crippen molar-refractivity contribution in [3.8, 4) is 0 Å². The van der Waals surface area contributed by atoms with E-state index in [1.54, 1.807) is 6.92 Å². The van der Waals surface area contributed by atoms with Gasteiger partial charge in [-0.05, 0) is 15.9 Å². The zero-order valence-corrected chi connectivity index (χ0v) is 13.2. The quantitative estimate of drug-likeness (QED) is 0.367.